The third-order valence-corrected chi connectivity index (χ3v) is 5.33. The number of rotatable bonds is 4. The van der Waals surface area contributed by atoms with Crippen LogP contribution in [0.5, 0.6) is 0 Å². The average molecular weight is 335 g/mol. The fourth-order valence-electron chi connectivity index (χ4n) is 3.53. The van der Waals surface area contributed by atoms with Crippen LogP contribution in [0.3, 0.4) is 0 Å². The number of fused-ring (bicyclic) bond motifs is 1. The highest BCUT2D eigenvalue weighted by molar-refractivity contribution is 5.78. The second-order valence-electron chi connectivity index (χ2n) is 7.25. The van der Waals surface area contributed by atoms with Gasteiger partial charge in [-0.15, -0.1) is 0 Å². The molecule has 25 heavy (non-hydrogen) atoms. The molecule has 0 unspecified atom stereocenters. The molecule has 0 aliphatic carbocycles. The van der Waals surface area contributed by atoms with Crippen molar-refractivity contribution in [2.45, 2.75) is 32.3 Å². The van der Waals surface area contributed by atoms with E-state index in [0.29, 0.717) is 0 Å². The summed E-state index contributed by atoms with van der Waals surface area (Å²) in [6.07, 6.45) is 4.49. The summed E-state index contributed by atoms with van der Waals surface area (Å²) in [6.45, 7) is 6.46. The predicted octanol–water partition coefficient (Wildman–Crippen LogP) is 4.51. The van der Waals surface area contributed by atoms with Gasteiger partial charge >= 0.3 is 0 Å². The molecule has 4 nitrogen and oxygen atoms in total. The Balaban J connectivity index is 1.74. The predicted molar refractivity (Wildman–Crippen MR) is 103 cm³/mol. The Morgan fingerprint density at radius 3 is 2.52 bits per heavy atom. The summed E-state index contributed by atoms with van der Waals surface area (Å²) in [4.78, 5) is 7.08. The topological polar surface area (TPSA) is 30.3 Å². The average Bonchev–Trinajstić information content (AvgIpc) is 3.31. The Labute approximate surface area is 149 Å². The van der Waals surface area contributed by atoms with Crippen LogP contribution in [0.15, 0.2) is 48.8 Å². The molecule has 1 fully saturated rings. The third-order valence-electron chi connectivity index (χ3n) is 5.33. The lowest BCUT2D eigenvalue weighted by atomic mass is 9.97. The Morgan fingerprint density at radius 2 is 1.76 bits per heavy atom. The van der Waals surface area contributed by atoms with Gasteiger partial charge < -0.3 is 9.64 Å². The van der Waals surface area contributed by atoms with Gasteiger partial charge in [0, 0.05) is 31.6 Å². The van der Waals surface area contributed by atoms with E-state index in [4.69, 9.17) is 4.74 Å². The number of benzene rings is 2. The van der Waals surface area contributed by atoms with Crippen LogP contribution in [0.25, 0.3) is 16.7 Å². The smallest absolute Gasteiger partial charge is 0.100 e. The Hall–Kier alpha value is -2.33. The van der Waals surface area contributed by atoms with Gasteiger partial charge in [0.1, 0.15) is 6.33 Å². The van der Waals surface area contributed by atoms with E-state index in [2.05, 4.69) is 70.8 Å². The van der Waals surface area contributed by atoms with E-state index in [-0.39, 0.29) is 5.60 Å². The summed E-state index contributed by atoms with van der Waals surface area (Å²) < 4.78 is 7.76. The minimum atomic E-state index is -0.312. The molecule has 4 rings (SSSR count). The van der Waals surface area contributed by atoms with Crippen LogP contribution < -0.4 is 4.90 Å². The van der Waals surface area contributed by atoms with Gasteiger partial charge in [0.2, 0.25) is 0 Å². The largest absolute Gasteiger partial charge is 0.374 e. The molecule has 4 heteroatoms. The van der Waals surface area contributed by atoms with E-state index in [0.717, 1.165) is 35.4 Å². The minimum Gasteiger partial charge on any atom is -0.374 e. The van der Waals surface area contributed by atoms with E-state index >= 15 is 0 Å². The van der Waals surface area contributed by atoms with Crippen molar-refractivity contribution in [1.29, 1.82) is 0 Å². The first kappa shape index (κ1) is 16.2. The highest BCUT2D eigenvalue weighted by atomic mass is 16.5. The van der Waals surface area contributed by atoms with Crippen LogP contribution in [0.4, 0.5) is 5.69 Å². The molecule has 0 amide bonds. The van der Waals surface area contributed by atoms with Gasteiger partial charge in [0.15, 0.2) is 0 Å². The Kier molecular flexibility index (Phi) is 4.00. The number of imidazole rings is 1. The van der Waals surface area contributed by atoms with Crippen LogP contribution in [0.2, 0.25) is 0 Å². The van der Waals surface area contributed by atoms with Crippen LogP contribution >= 0.6 is 0 Å². The van der Waals surface area contributed by atoms with Crippen molar-refractivity contribution in [3.63, 3.8) is 0 Å². The van der Waals surface area contributed by atoms with Gasteiger partial charge in [-0.1, -0.05) is 12.1 Å². The molecular weight excluding hydrogens is 310 g/mol. The molecule has 2 heterocycles. The first-order valence-electron chi connectivity index (χ1n) is 8.97. The van der Waals surface area contributed by atoms with Gasteiger partial charge in [-0.05, 0) is 62.6 Å². The van der Waals surface area contributed by atoms with Crippen molar-refractivity contribution in [3.8, 4) is 5.69 Å². The number of hydrogen-bond acceptors (Lipinski definition) is 3. The van der Waals surface area contributed by atoms with Gasteiger partial charge in [0.05, 0.1) is 16.6 Å². The second-order valence-corrected chi connectivity index (χ2v) is 7.25. The number of ether oxygens (including phenoxy) is 1. The number of nitrogens with zero attached hydrogens (tertiary/aromatic N) is 3. The molecule has 3 aromatic rings. The molecular formula is C21H25N3O. The molecule has 2 aromatic carbocycles. The fourth-order valence-corrected chi connectivity index (χ4v) is 3.53. The highest BCUT2D eigenvalue weighted by Gasteiger charge is 2.20. The van der Waals surface area contributed by atoms with E-state index in [1.165, 1.54) is 18.5 Å². The Bertz CT molecular complexity index is 891. The molecule has 0 radical (unpaired) electrons. The van der Waals surface area contributed by atoms with E-state index in [1.54, 1.807) is 7.11 Å². The lowest BCUT2D eigenvalue weighted by Gasteiger charge is -2.23. The van der Waals surface area contributed by atoms with Gasteiger partial charge in [-0.2, -0.15) is 0 Å². The fraction of sp³-hybridized carbons (Fsp3) is 0.381. The molecule has 1 aliphatic heterocycles. The molecule has 0 spiro atoms. The maximum Gasteiger partial charge on any atom is 0.100 e. The van der Waals surface area contributed by atoms with Crippen LogP contribution in [0, 0.1) is 0 Å². The standard InChI is InChI=1S/C21H25N3O/c1-21(2,25-3)16-9-10-20-19(13-16)22-15-24(20)18-8-6-7-17(14-18)23-11-4-5-12-23/h6-10,13-15H,4-5,11-12H2,1-3H3. The van der Waals surface area contributed by atoms with Crippen LogP contribution in [-0.4, -0.2) is 29.8 Å². The molecule has 0 bridgehead atoms. The maximum absolute atomic E-state index is 5.60. The van der Waals surface area contributed by atoms with Crippen molar-refractivity contribution < 1.29 is 4.74 Å². The van der Waals surface area contributed by atoms with Gasteiger partial charge in [-0.3, -0.25) is 4.57 Å². The normalized spacial score (nSPS) is 15.2. The Morgan fingerprint density at radius 1 is 1.00 bits per heavy atom. The molecule has 1 aromatic heterocycles. The van der Waals surface area contributed by atoms with E-state index in [1.807, 2.05) is 6.33 Å². The zero-order valence-electron chi connectivity index (χ0n) is 15.2. The minimum absolute atomic E-state index is 0.312. The molecule has 0 saturated carbocycles. The van der Waals surface area contributed by atoms with Crippen molar-refractivity contribution in [1.82, 2.24) is 9.55 Å². The van der Waals surface area contributed by atoms with Gasteiger partial charge in [0.25, 0.3) is 0 Å². The number of aromatic nitrogens is 2. The highest BCUT2D eigenvalue weighted by Crippen LogP contribution is 2.29. The lowest BCUT2D eigenvalue weighted by Crippen LogP contribution is -2.19. The van der Waals surface area contributed by atoms with Crippen LogP contribution in [0.1, 0.15) is 32.3 Å². The molecule has 1 aliphatic rings. The van der Waals surface area contributed by atoms with Crippen molar-refractivity contribution in [3.05, 3.63) is 54.4 Å². The maximum atomic E-state index is 5.60. The quantitative estimate of drug-likeness (QED) is 0.703. The molecule has 0 atom stereocenters. The van der Waals surface area contributed by atoms with Gasteiger partial charge in [-0.25, -0.2) is 4.98 Å². The summed E-state index contributed by atoms with van der Waals surface area (Å²) in [5, 5.41) is 0. The number of anilines is 1. The second kappa shape index (κ2) is 6.19. The number of methoxy groups -OCH3 is 1. The summed E-state index contributed by atoms with van der Waals surface area (Å²) in [6, 6.07) is 15.1. The zero-order valence-corrected chi connectivity index (χ0v) is 15.2. The summed E-state index contributed by atoms with van der Waals surface area (Å²) in [5.74, 6) is 0. The van der Waals surface area contributed by atoms with E-state index in [9.17, 15) is 0 Å². The summed E-state index contributed by atoms with van der Waals surface area (Å²) in [7, 11) is 1.74. The zero-order chi connectivity index (χ0) is 17.4. The third kappa shape index (κ3) is 2.91. The summed E-state index contributed by atoms with van der Waals surface area (Å²) >= 11 is 0. The molecule has 130 valence electrons. The van der Waals surface area contributed by atoms with Crippen molar-refractivity contribution >= 4 is 16.7 Å². The van der Waals surface area contributed by atoms with Crippen molar-refractivity contribution in [2.24, 2.45) is 0 Å². The first-order valence-corrected chi connectivity index (χ1v) is 8.97. The monoisotopic (exact) mass is 335 g/mol. The molecule has 0 N–H and O–H groups in total. The van der Waals surface area contributed by atoms with Crippen molar-refractivity contribution in [2.75, 3.05) is 25.1 Å². The summed E-state index contributed by atoms with van der Waals surface area (Å²) in [5.41, 5.74) is 5.40. The van der Waals surface area contributed by atoms with Crippen LogP contribution in [-0.2, 0) is 10.3 Å². The SMILES string of the molecule is COC(C)(C)c1ccc2c(c1)ncn2-c1cccc(N2CCCC2)c1. The first-order chi connectivity index (χ1) is 12.1. The van der Waals surface area contributed by atoms with E-state index < -0.39 is 0 Å². The number of hydrogen-bond donors (Lipinski definition) is 0. The molecule has 1 saturated heterocycles. The lowest BCUT2D eigenvalue weighted by molar-refractivity contribution is 0.0193.